The number of rotatable bonds is 2. The van der Waals surface area contributed by atoms with Gasteiger partial charge in [0.2, 0.25) is 0 Å². The number of hydrogen-bond donors (Lipinski definition) is 0. The molecule has 1 saturated heterocycles. The van der Waals surface area contributed by atoms with Crippen LogP contribution in [0.5, 0.6) is 0 Å². The van der Waals surface area contributed by atoms with E-state index < -0.39 is 17.7 Å². The first-order valence-corrected chi connectivity index (χ1v) is 7.74. The van der Waals surface area contributed by atoms with E-state index in [1.807, 2.05) is 33.8 Å². The summed E-state index contributed by atoms with van der Waals surface area (Å²) in [7, 11) is 0. The van der Waals surface area contributed by atoms with Crippen LogP contribution in [-0.4, -0.2) is 39.9 Å². The van der Waals surface area contributed by atoms with Gasteiger partial charge in [0.25, 0.3) is 0 Å². The molecule has 0 saturated carbocycles. The predicted molar refractivity (Wildman–Crippen MR) is 83.9 cm³/mol. The van der Waals surface area contributed by atoms with Gasteiger partial charge < -0.3 is 4.74 Å². The number of pyridine rings is 1. The second-order valence-electron chi connectivity index (χ2n) is 6.74. The molecule has 0 N–H and O–H groups in total. The summed E-state index contributed by atoms with van der Waals surface area (Å²) < 4.78 is 5.43. The Bertz CT molecular complexity index is 546. The molecule has 0 bridgehead atoms. The minimum Gasteiger partial charge on any atom is -0.444 e. The SMILES string of the molecule is Cc1ccc(C(=O)C2CCCCN2C(=O)OC(C)(C)C)cn1. The molecule has 5 nitrogen and oxygen atoms in total. The van der Waals surface area contributed by atoms with Crippen LogP contribution >= 0.6 is 0 Å². The molecule has 0 radical (unpaired) electrons. The van der Waals surface area contributed by atoms with Crippen LogP contribution in [0.15, 0.2) is 18.3 Å². The maximum atomic E-state index is 12.7. The quantitative estimate of drug-likeness (QED) is 0.786. The molecule has 5 heteroatoms. The summed E-state index contributed by atoms with van der Waals surface area (Å²) in [6.45, 7) is 7.92. The summed E-state index contributed by atoms with van der Waals surface area (Å²) in [6.07, 6.45) is 3.68. The van der Waals surface area contributed by atoms with Gasteiger partial charge in [0.1, 0.15) is 5.60 Å². The highest BCUT2D eigenvalue weighted by Gasteiger charge is 2.35. The molecule has 1 amide bonds. The average molecular weight is 304 g/mol. The summed E-state index contributed by atoms with van der Waals surface area (Å²) in [4.78, 5) is 30.8. The lowest BCUT2D eigenvalue weighted by Crippen LogP contribution is -2.49. The van der Waals surface area contributed by atoms with E-state index in [1.54, 1.807) is 17.2 Å². The van der Waals surface area contributed by atoms with E-state index in [0.717, 1.165) is 18.5 Å². The van der Waals surface area contributed by atoms with Crippen LogP contribution in [0.2, 0.25) is 0 Å². The van der Waals surface area contributed by atoms with Crippen LogP contribution in [0.25, 0.3) is 0 Å². The largest absolute Gasteiger partial charge is 0.444 e. The average Bonchev–Trinajstić information content (AvgIpc) is 2.45. The highest BCUT2D eigenvalue weighted by Crippen LogP contribution is 2.23. The standard InChI is InChI=1S/C17H24N2O3/c1-12-8-9-13(11-18-12)15(20)14-7-5-6-10-19(14)16(21)22-17(2,3)4/h8-9,11,14H,5-7,10H2,1-4H3. The third kappa shape index (κ3) is 4.06. The summed E-state index contributed by atoms with van der Waals surface area (Å²) >= 11 is 0. The molecule has 1 aliphatic rings. The van der Waals surface area contributed by atoms with Crippen molar-refractivity contribution in [3.63, 3.8) is 0 Å². The van der Waals surface area contributed by atoms with Gasteiger partial charge in [0.05, 0.1) is 6.04 Å². The third-order valence-corrected chi connectivity index (χ3v) is 3.63. The fraction of sp³-hybridized carbons (Fsp3) is 0.588. The number of hydrogen-bond acceptors (Lipinski definition) is 4. The van der Waals surface area contributed by atoms with Crippen LogP contribution in [0.3, 0.4) is 0 Å². The lowest BCUT2D eigenvalue weighted by atomic mass is 9.95. The molecular weight excluding hydrogens is 280 g/mol. The number of ketones is 1. The number of aromatic nitrogens is 1. The number of Topliss-reactive ketones (excluding diaryl/α,β-unsaturated/α-hetero) is 1. The van der Waals surface area contributed by atoms with Crippen molar-refractivity contribution in [3.8, 4) is 0 Å². The zero-order chi connectivity index (χ0) is 16.3. The van der Waals surface area contributed by atoms with Gasteiger partial charge in [0.15, 0.2) is 5.78 Å². The van der Waals surface area contributed by atoms with Gasteiger partial charge in [-0.15, -0.1) is 0 Å². The number of amides is 1. The van der Waals surface area contributed by atoms with Crippen LogP contribution in [-0.2, 0) is 4.74 Å². The zero-order valence-electron chi connectivity index (χ0n) is 13.8. The number of likely N-dealkylation sites (tertiary alicyclic amines) is 1. The highest BCUT2D eigenvalue weighted by molar-refractivity contribution is 6.01. The van der Waals surface area contributed by atoms with Crippen molar-refractivity contribution in [3.05, 3.63) is 29.6 Å². The molecule has 2 rings (SSSR count). The van der Waals surface area contributed by atoms with Gasteiger partial charge in [0, 0.05) is 24.0 Å². The van der Waals surface area contributed by atoms with Crippen molar-refractivity contribution < 1.29 is 14.3 Å². The molecule has 0 spiro atoms. The molecule has 120 valence electrons. The molecule has 0 aromatic carbocycles. The van der Waals surface area contributed by atoms with Crippen LogP contribution in [0.4, 0.5) is 4.79 Å². The maximum Gasteiger partial charge on any atom is 0.410 e. The van der Waals surface area contributed by atoms with E-state index in [4.69, 9.17) is 4.74 Å². The fourth-order valence-corrected chi connectivity index (χ4v) is 2.55. The fourth-order valence-electron chi connectivity index (χ4n) is 2.55. The van der Waals surface area contributed by atoms with Gasteiger partial charge in [-0.2, -0.15) is 0 Å². The topological polar surface area (TPSA) is 59.5 Å². The predicted octanol–water partition coefficient (Wildman–Crippen LogP) is 3.36. The number of piperidine rings is 1. The Hall–Kier alpha value is -1.91. The second-order valence-corrected chi connectivity index (χ2v) is 6.74. The summed E-state index contributed by atoms with van der Waals surface area (Å²) in [5.41, 5.74) is 0.850. The normalized spacial score (nSPS) is 18.9. The highest BCUT2D eigenvalue weighted by atomic mass is 16.6. The minimum absolute atomic E-state index is 0.0574. The van der Waals surface area contributed by atoms with E-state index in [1.165, 1.54) is 0 Å². The number of carbonyl (C=O) groups is 2. The van der Waals surface area contributed by atoms with Crippen molar-refractivity contribution in [1.29, 1.82) is 0 Å². The lowest BCUT2D eigenvalue weighted by molar-refractivity contribution is 0.0104. The Kier molecular flexibility index (Phi) is 4.84. The molecule has 1 aromatic heterocycles. The van der Waals surface area contributed by atoms with Crippen molar-refractivity contribution in [1.82, 2.24) is 9.88 Å². The van der Waals surface area contributed by atoms with Crippen molar-refractivity contribution in [2.75, 3.05) is 6.54 Å². The zero-order valence-corrected chi connectivity index (χ0v) is 13.8. The molecular formula is C17H24N2O3. The molecule has 2 heterocycles. The third-order valence-electron chi connectivity index (χ3n) is 3.63. The summed E-state index contributed by atoms with van der Waals surface area (Å²) in [5, 5.41) is 0. The summed E-state index contributed by atoms with van der Waals surface area (Å²) in [6, 6.07) is 3.13. The number of aryl methyl sites for hydroxylation is 1. The Labute approximate surface area is 131 Å². The van der Waals surface area contributed by atoms with Gasteiger partial charge >= 0.3 is 6.09 Å². The van der Waals surface area contributed by atoms with Crippen molar-refractivity contribution in [2.45, 2.75) is 58.6 Å². The Morgan fingerprint density at radius 2 is 2.00 bits per heavy atom. The van der Waals surface area contributed by atoms with Gasteiger partial charge in [-0.3, -0.25) is 14.7 Å². The molecule has 1 atom stereocenters. The van der Waals surface area contributed by atoms with E-state index in [2.05, 4.69) is 4.98 Å². The Morgan fingerprint density at radius 3 is 2.59 bits per heavy atom. The molecule has 0 aliphatic carbocycles. The number of nitrogens with zero attached hydrogens (tertiary/aromatic N) is 2. The molecule has 22 heavy (non-hydrogen) atoms. The molecule has 1 fully saturated rings. The molecule has 1 aliphatic heterocycles. The van der Waals surface area contributed by atoms with E-state index in [0.29, 0.717) is 18.5 Å². The van der Waals surface area contributed by atoms with Gasteiger partial charge in [-0.25, -0.2) is 4.79 Å². The maximum absolute atomic E-state index is 12.7. The first-order valence-electron chi connectivity index (χ1n) is 7.74. The first-order chi connectivity index (χ1) is 10.3. The van der Waals surface area contributed by atoms with Crippen LogP contribution < -0.4 is 0 Å². The minimum atomic E-state index is -0.562. The number of carbonyl (C=O) groups excluding carboxylic acids is 2. The summed E-state index contributed by atoms with van der Waals surface area (Å²) in [5.74, 6) is -0.0574. The molecule has 1 unspecified atom stereocenters. The number of ether oxygens (including phenoxy) is 1. The van der Waals surface area contributed by atoms with E-state index in [9.17, 15) is 9.59 Å². The van der Waals surface area contributed by atoms with Crippen molar-refractivity contribution >= 4 is 11.9 Å². The Balaban J connectivity index is 2.17. The molecule has 1 aromatic rings. The van der Waals surface area contributed by atoms with E-state index >= 15 is 0 Å². The van der Waals surface area contributed by atoms with Gasteiger partial charge in [-0.05, 0) is 59.1 Å². The smallest absolute Gasteiger partial charge is 0.410 e. The van der Waals surface area contributed by atoms with Crippen LogP contribution in [0.1, 0.15) is 56.1 Å². The lowest BCUT2D eigenvalue weighted by Gasteiger charge is -2.35. The van der Waals surface area contributed by atoms with E-state index in [-0.39, 0.29) is 5.78 Å². The first kappa shape index (κ1) is 16.5. The second kappa shape index (κ2) is 6.46. The van der Waals surface area contributed by atoms with Gasteiger partial charge in [-0.1, -0.05) is 0 Å². The monoisotopic (exact) mass is 304 g/mol. The van der Waals surface area contributed by atoms with Crippen LogP contribution in [0, 0.1) is 6.92 Å². The van der Waals surface area contributed by atoms with Crippen molar-refractivity contribution in [2.24, 2.45) is 0 Å². The Morgan fingerprint density at radius 1 is 1.27 bits per heavy atom.